The molecular weight excluding hydrogens is 556 g/mol. The van der Waals surface area contributed by atoms with Crippen molar-refractivity contribution in [1.29, 1.82) is 0 Å². The van der Waals surface area contributed by atoms with Gasteiger partial charge in [-0.1, -0.05) is 39.8 Å². The number of oxime groups is 1. The van der Waals surface area contributed by atoms with E-state index < -0.39 is 59.7 Å². The van der Waals surface area contributed by atoms with Crippen molar-refractivity contribution in [1.82, 2.24) is 4.90 Å². The van der Waals surface area contributed by atoms with Gasteiger partial charge in [0.2, 0.25) is 0 Å². The second kappa shape index (κ2) is 15.8. The molecule has 11 nitrogen and oxygen atoms in total. The molecule has 43 heavy (non-hydrogen) atoms. The summed E-state index contributed by atoms with van der Waals surface area (Å²) >= 11 is 0. The highest BCUT2D eigenvalue weighted by Crippen LogP contribution is 2.39. The second-order valence-corrected chi connectivity index (χ2v) is 13.6. The van der Waals surface area contributed by atoms with E-state index in [1.165, 1.54) is 6.92 Å². The molecule has 0 aromatic carbocycles. The lowest BCUT2D eigenvalue weighted by atomic mass is 9.74. The van der Waals surface area contributed by atoms with Gasteiger partial charge in [0.1, 0.15) is 24.4 Å². The molecule has 0 aliphatic carbocycles. The summed E-state index contributed by atoms with van der Waals surface area (Å²) in [5.74, 6) is -2.16. The normalized spacial score (nSPS) is 45.1. The zero-order valence-corrected chi connectivity index (χ0v) is 28.6. The van der Waals surface area contributed by atoms with E-state index in [1.807, 2.05) is 60.5 Å². The molecule has 13 atom stereocenters. The highest BCUT2D eigenvalue weighted by molar-refractivity contribution is 5.88. The van der Waals surface area contributed by atoms with E-state index >= 15 is 0 Å². The van der Waals surface area contributed by atoms with Gasteiger partial charge in [0.05, 0.1) is 35.5 Å². The van der Waals surface area contributed by atoms with Crippen LogP contribution >= 0.6 is 0 Å². The Bertz CT molecular complexity index is 915. The second-order valence-electron chi connectivity index (χ2n) is 13.6. The number of esters is 1. The number of cyclic esters (lactones) is 1. The van der Waals surface area contributed by atoms with Gasteiger partial charge in [-0.15, -0.1) is 0 Å². The van der Waals surface area contributed by atoms with Crippen LogP contribution in [0.25, 0.3) is 0 Å². The van der Waals surface area contributed by atoms with Crippen LogP contribution in [-0.2, 0) is 28.6 Å². The Morgan fingerprint density at radius 2 is 1.67 bits per heavy atom. The molecule has 252 valence electrons. The van der Waals surface area contributed by atoms with E-state index in [0.29, 0.717) is 38.0 Å². The molecule has 0 aromatic rings. The number of aliphatic hydroxyl groups is 3. The number of hydrogen-bond donors (Lipinski definition) is 3. The van der Waals surface area contributed by atoms with Gasteiger partial charge in [-0.05, 0) is 73.4 Å². The average molecular weight is 617 g/mol. The number of nitrogens with zero attached hydrogens (tertiary/aromatic N) is 2. The summed E-state index contributed by atoms with van der Waals surface area (Å²) < 4.78 is 24.9. The Kier molecular flexibility index (Phi) is 13.9. The van der Waals surface area contributed by atoms with Crippen LogP contribution in [-0.4, -0.2) is 114 Å². The summed E-state index contributed by atoms with van der Waals surface area (Å²) in [6, 6.07) is -0.157. The van der Waals surface area contributed by atoms with Crippen molar-refractivity contribution in [2.75, 3.05) is 27.8 Å². The zero-order valence-electron chi connectivity index (χ0n) is 28.6. The molecule has 0 unspecified atom stereocenters. The van der Waals surface area contributed by atoms with Crippen LogP contribution in [0, 0.1) is 23.7 Å². The topological polar surface area (TPSA) is 140 Å². The van der Waals surface area contributed by atoms with Crippen molar-refractivity contribution < 1.29 is 43.9 Å². The summed E-state index contributed by atoms with van der Waals surface area (Å²) in [6.07, 6.45) is -3.01. The van der Waals surface area contributed by atoms with Crippen molar-refractivity contribution in [2.45, 2.75) is 142 Å². The number of carbonyl (C=O) groups is 1. The Balaban J connectivity index is 2.64. The van der Waals surface area contributed by atoms with Crippen molar-refractivity contribution in [2.24, 2.45) is 28.8 Å². The van der Waals surface area contributed by atoms with Crippen LogP contribution < -0.4 is 0 Å². The van der Waals surface area contributed by atoms with Crippen LogP contribution in [0.15, 0.2) is 5.16 Å². The molecule has 0 spiro atoms. The number of carbonyl (C=O) groups excluding carboxylic acids is 1. The maximum atomic E-state index is 13.4. The maximum absolute atomic E-state index is 13.4. The van der Waals surface area contributed by atoms with Crippen molar-refractivity contribution in [3.63, 3.8) is 0 Å². The van der Waals surface area contributed by atoms with Gasteiger partial charge in [0.15, 0.2) is 6.29 Å². The van der Waals surface area contributed by atoms with Gasteiger partial charge < -0.3 is 44.0 Å². The minimum Gasteiger partial charge on any atom is -0.459 e. The first-order valence-electron chi connectivity index (χ1n) is 16.0. The van der Waals surface area contributed by atoms with E-state index in [2.05, 4.69) is 5.16 Å². The van der Waals surface area contributed by atoms with Crippen LogP contribution in [0.4, 0.5) is 0 Å². The smallest absolute Gasteiger partial charge is 0.309 e. The molecule has 0 bridgehead atoms. The molecule has 2 aliphatic rings. The number of likely N-dealkylation sites (N-methyl/N-ethyl adjacent to an activating group) is 1. The summed E-state index contributed by atoms with van der Waals surface area (Å²) in [5, 5.41) is 38.8. The van der Waals surface area contributed by atoms with Crippen LogP contribution in [0.5, 0.6) is 0 Å². The first-order valence-corrected chi connectivity index (χ1v) is 16.0. The third-order valence-electron chi connectivity index (χ3n) is 9.61. The maximum Gasteiger partial charge on any atom is 0.309 e. The van der Waals surface area contributed by atoms with E-state index in [9.17, 15) is 20.1 Å². The summed E-state index contributed by atoms with van der Waals surface area (Å²) in [6.45, 7) is 16.9. The van der Waals surface area contributed by atoms with E-state index in [1.54, 1.807) is 21.0 Å². The molecule has 0 radical (unpaired) electrons. The van der Waals surface area contributed by atoms with E-state index in [0.717, 1.165) is 0 Å². The first-order chi connectivity index (χ1) is 19.9. The monoisotopic (exact) mass is 616 g/mol. The third kappa shape index (κ3) is 8.89. The number of hydrogen-bond acceptors (Lipinski definition) is 11. The zero-order chi connectivity index (χ0) is 32.9. The molecule has 11 heteroatoms. The Hall–Kier alpha value is -1.34. The SMILES string of the molecule is CCO/N=C1\[C@H](C)C[C@@](C)(OC)[C@H](O[C@@H]2O[C@H](C)C[C@H](N(C)C)[C@H]2O)[C@@H](C)C[C@@H](C)C(=O)O[C@H](CC)[C@@](C)(O)[C@H](O)[C@H]1C. The summed E-state index contributed by atoms with van der Waals surface area (Å²) in [7, 11) is 5.47. The molecule has 2 rings (SSSR count). The molecular formula is C32H60N2O9. The van der Waals surface area contributed by atoms with Gasteiger partial charge in [-0.2, -0.15) is 0 Å². The van der Waals surface area contributed by atoms with Gasteiger partial charge in [0, 0.05) is 25.0 Å². The van der Waals surface area contributed by atoms with Crippen LogP contribution in [0.2, 0.25) is 0 Å². The van der Waals surface area contributed by atoms with Crippen molar-refractivity contribution in [3.05, 3.63) is 0 Å². The van der Waals surface area contributed by atoms with Crippen LogP contribution in [0.1, 0.15) is 88.0 Å². The minimum atomic E-state index is -1.74. The molecule has 2 aliphatic heterocycles. The van der Waals surface area contributed by atoms with Crippen molar-refractivity contribution >= 4 is 11.7 Å². The number of methoxy groups -OCH3 is 1. The number of ether oxygens (including phenoxy) is 4. The fraction of sp³-hybridized carbons (Fsp3) is 0.938. The largest absolute Gasteiger partial charge is 0.459 e. The molecule has 2 saturated heterocycles. The Labute approximate surface area is 259 Å². The van der Waals surface area contributed by atoms with E-state index in [4.69, 9.17) is 23.8 Å². The fourth-order valence-electron chi connectivity index (χ4n) is 6.98. The molecule has 3 N–H and O–H groups in total. The number of rotatable bonds is 7. The lowest BCUT2D eigenvalue weighted by Crippen LogP contribution is -2.59. The number of aliphatic hydroxyl groups excluding tert-OH is 2. The standard InChI is InChI=1S/C32H60N2O9/c1-13-24-32(9,38)27(36)22(7)25(33-40-14-2)20(5)17-31(8,39-12)28(18(3)15-19(4)29(37)42-24)43-30-26(35)23(34(10)11)16-21(6)41-30/h18-24,26-28,30,35-36,38H,13-17H2,1-12H3/b33-25+/t18-,19+,20+,21+,22-,23-,24+,26+,27+,28+,30-,31+,32+/m0/s1. The molecule has 0 saturated carbocycles. The molecule has 2 heterocycles. The molecule has 2 fully saturated rings. The lowest BCUT2D eigenvalue weighted by Gasteiger charge is -2.47. The van der Waals surface area contributed by atoms with Crippen LogP contribution in [0.3, 0.4) is 0 Å². The molecule has 0 amide bonds. The highest BCUT2D eigenvalue weighted by Gasteiger charge is 2.50. The predicted molar refractivity (Wildman–Crippen MR) is 164 cm³/mol. The Morgan fingerprint density at radius 1 is 1.05 bits per heavy atom. The third-order valence-corrected chi connectivity index (χ3v) is 9.61. The molecule has 0 aromatic heterocycles. The summed E-state index contributed by atoms with van der Waals surface area (Å²) in [5.41, 5.74) is -2.13. The van der Waals surface area contributed by atoms with Gasteiger partial charge in [-0.3, -0.25) is 4.79 Å². The first kappa shape index (κ1) is 37.8. The average Bonchev–Trinajstić information content (AvgIpc) is 2.94. The Morgan fingerprint density at radius 3 is 2.21 bits per heavy atom. The highest BCUT2D eigenvalue weighted by atomic mass is 16.7. The van der Waals surface area contributed by atoms with Gasteiger partial charge in [-0.25, -0.2) is 0 Å². The fourth-order valence-corrected chi connectivity index (χ4v) is 6.98. The van der Waals surface area contributed by atoms with Gasteiger partial charge in [0.25, 0.3) is 0 Å². The summed E-state index contributed by atoms with van der Waals surface area (Å²) in [4.78, 5) is 20.8. The lowest BCUT2D eigenvalue weighted by molar-refractivity contribution is -0.297. The minimum absolute atomic E-state index is 0.137. The van der Waals surface area contributed by atoms with Gasteiger partial charge >= 0.3 is 5.97 Å². The van der Waals surface area contributed by atoms with Crippen molar-refractivity contribution in [3.8, 4) is 0 Å². The predicted octanol–water partition coefficient (Wildman–Crippen LogP) is 3.37. The van der Waals surface area contributed by atoms with E-state index in [-0.39, 0.29) is 24.0 Å². The quantitative estimate of drug-likeness (QED) is 0.288.